The molecule has 0 aromatic carbocycles. The summed E-state index contributed by atoms with van der Waals surface area (Å²) in [6, 6.07) is 3.46. The van der Waals surface area contributed by atoms with E-state index in [0.29, 0.717) is 18.0 Å². The SMILES string of the molecule is NC(=O)C1CCCN(Cc2ccc(C(=O)O)s2)C1. The summed E-state index contributed by atoms with van der Waals surface area (Å²) in [6.07, 6.45) is 1.82. The van der Waals surface area contributed by atoms with E-state index in [9.17, 15) is 9.59 Å². The Morgan fingerprint density at radius 3 is 2.89 bits per heavy atom. The van der Waals surface area contributed by atoms with Crippen molar-refractivity contribution in [2.24, 2.45) is 11.7 Å². The molecule has 1 aromatic rings. The lowest BCUT2D eigenvalue weighted by atomic mass is 9.97. The summed E-state index contributed by atoms with van der Waals surface area (Å²) >= 11 is 1.29. The van der Waals surface area contributed by atoms with Gasteiger partial charge in [-0.05, 0) is 31.5 Å². The van der Waals surface area contributed by atoms with E-state index in [1.165, 1.54) is 11.3 Å². The summed E-state index contributed by atoms with van der Waals surface area (Å²) < 4.78 is 0. The summed E-state index contributed by atoms with van der Waals surface area (Å²) in [5, 5.41) is 8.85. The topological polar surface area (TPSA) is 83.6 Å². The monoisotopic (exact) mass is 268 g/mol. The van der Waals surface area contributed by atoms with Crippen LogP contribution in [0.5, 0.6) is 0 Å². The number of hydrogen-bond acceptors (Lipinski definition) is 4. The summed E-state index contributed by atoms with van der Waals surface area (Å²) in [5.41, 5.74) is 5.33. The van der Waals surface area contributed by atoms with Crippen molar-refractivity contribution in [3.05, 3.63) is 21.9 Å². The van der Waals surface area contributed by atoms with Gasteiger partial charge in [0.05, 0.1) is 5.92 Å². The Kier molecular flexibility index (Phi) is 3.98. The van der Waals surface area contributed by atoms with Gasteiger partial charge < -0.3 is 10.8 Å². The standard InChI is InChI=1S/C12H16N2O3S/c13-11(15)8-2-1-5-14(6-8)7-9-3-4-10(18-9)12(16)17/h3-4,8H,1-2,5-7H2,(H2,13,15)(H,16,17). The third-order valence-corrected chi connectivity index (χ3v) is 4.22. The van der Waals surface area contributed by atoms with Crippen molar-refractivity contribution in [2.45, 2.75) is 19.4 Å². The Balaban J connectivity index is 1.96. The van der Waals surface area contributed by atoms with Crippen molar-refractivity contribution >= 4 is 23.2 Å². The van der Waals surface area contributed by atoms with Crippen LogP contribution in [-0.4, -0.2) is 35.0 Å². The van der Waals surface area contributed by atoms with Gasteiger partial charge in [0, 0.05) is 18.0 Å². The highest BCUT2D eigenvalue weighted by Gasteiger charge is 2.24. The zero-order valence-corrected chi connectivity index (χ0v) is 10.8. The highest BCUT2D eigenvalue weighted by Crippen LogP contribution is 2.22. The Bertz CT molecular complexity index is 458. The van der Waals surface area contributed by atoms with Crippen LogP contribution in [0, 0.1) is 5.92 Å². The van der Waals surface area contributed by atoms with E-state index in [2.05, 4.69) is 4.90 Å². The molecule has 0 spiro atoms. The van der Waals surface area contributed by atoms with E-state index in [1.54, 1.807) is 6.07 Å². The molecule has 0 aliphatic carbocycles. The first-order valence-electron chi connectivity index (χ1n) is 5.90. The van der Waals surface area contributed by atoms with Gasteiger partial charge in [-0.1, -0.05) is 0 Å². The molecule has 98 valence electrons. The highest BCUT2D eigenvalue weighted by atomic mass is 32.1. The summed E-state index contributed by atoms with van der Waals surface area (Å²) in [4.78, 5) is 25.5. The number of primary amides is 1. The molecule has 6 heteroatoms. The molecule has 5 nitrogen and oxygen atoms in total. The van der Waals surface area contributed by atoms with E-state index in [0.717, 1.165) is 24.3 Å². The molecule has 3 N–H and O–H groups in total. The maximum atomic E-state index is 11.2. The van der Waals surface area contributed by atoms with Crippen molar-refractivity contribution in [3.8, 4) is 0 Å². The van der Waals surface area contributed by atoms with Crippen molar-refractivity contribution < 1.29 is 14.7 Å². The predicted octanol–water partition coefficient (Wildman–Crippen LogP) is 1.14. The van der Waals surface area contributed by atoms with E-state index in [4.69, 9.17) is 10.8 Å². The lowest BCUT2D eigenvalue weighted by Gasteiger charge is -2.30. The van der Waals surface area contributed by atoms with Crippen LogP contribution in [0.2, 0.25) is 0 Å². The fraction of sp³-hybridized carbons (Fsp3) is 0.500. The zero-order chi connectivity index (χ0) is 13.1. The molecule has 0 radical (unpaired) electrons. The lowest BCUT2D eigenvalue weighted by molar-refractivity contribution is -0.123. The number of likely N-dealkylation sites (tertiary alicyclic amines) is 1. The van der Waals surface area contributed by atoms with E-state index < -0.39 is 5.97 Å². The molecule has 1 atom stereocenters. The van der Waals surface area contributed by atoms with Crippen molar-refractivity contribution in [3.63, 3.8) is 0 Å². The molecule has 1 unspecified atom stereocenters. The van der Waals surface area contributed by atoms with Crippen LogP contribution in [0.25, 0.3) is 0 Å². The van der Waals surface area contributed by atoms with Crippen molar-refractivity contribution in [2.75, 3.05) is 13.1 Å². The van der Waals surface area contributed by atoms with Gasteiger partial charge in [-0.15, -0.1) is 11.3 Å². The molecule has 1 aliphatic heterocycles. The molecule has 1 aliphatic rings. The van der Waals surface area contributed by atoms with E-state index in [-0.39, 0.29) is 11.8 Å². The number of hydrogen-bond donors (Lipinski definition) is 2. The first-order valence-corrected chi connectivity index (χ1v) is 6.71. The Morgan fingerprint density at radius 2 is 2.28 bits per heavy atom. The predicted molar refractivity (Wildman–Crippen MR) is 68.5 cm³/mol. The van der Waals surface area contributed by atoms with Crippen LogP contribution < -0.4 is 5.73 Å². The second-order valence-corrected chi connectivity index (χ2v) is 5.72. The maximum absolute atomic E-state index is 11.2. The van der Waals surface area contributed by atoms with Crippen LogP contribution >= 0.6 is 11.3 Å². The summed E-state index contributed by atoms with van der Waals surface area (Å²) in [7, 11) is 0. The number of rotatable bonds is 4. The van der Waals surface area contributed by atoms with E-state index >= 15 is 0 Å². The summed E-state index contributed by atoms with van der Waals surface area (Å²) in [6.45, 7) is 2.31. The third-order valence-electron chi connectivity index (χ3n) is 3.16. The summed E-state index contributed by atoms with van der Waals surface area (Å²) in [5.74, 6) is -1.20. The van der Waals surface area contributed by atoms with Crippen molar-refractivity contribution in [1.29, 1.82) is 0 Å². The van der Waals surface area contributed by atoms with Gasteiger partial charge in [0.15, 0.2) is 0 Å². The van der Waals surface area contributed by atoms with E-state index in [1.807, 2.05) is 6.07 Å². The number of carbonyl (C=O) groups excluding carboxylic acids is 1. The minimum atomic E-state index is -0.889. The van der Waals surface area contributed by atoms with Gasteiger partial charge in [-0.25, -0.2) is 4.79 Å². The van der Waals surface area contributed by atoms with Gasteiger partial charge in [-0.2, -0.15) is 0 Å². The fourth-order valence-electron chi connectivity index (χ4n) is 2.23. The van der Waals surface area contributed by atoms with Gasteiger partial charge in [0.25, 0.3) is 0 Å². The first-order chi connectivity index (χ1) is 8.56. The number of amides is 1. The minimum Gasteiger partial charge on any atom is -0.477 e. The third kappa shape index (κ3) is 3.08. The number of piperidine rings is 1. The quantitative estimate of drug-likeness (QED) is 0.857. The number of nitrogens with zero attached hydrogens (tertiary/aromatic N) is 1. The normalized spacial score (nSPS) is 20.8. The first kappa shape index (κ1) is 13.0. The molecule has 1 fully saturated rings. The molecular weight excluding hydrogens is 252 g/mol. The molecule has 18 heavy (non-hydrogen) atoms. The lowest BCUT2D eigenvalue weighted by Crippen LogP contribution is -2.40. The average molecular weight is 268 g/mol. The molecule has 0 bridgehead atoms. The second-order valence-electron chi connectivity index (χ2n) is 4.55. The Labute approximate surface area is 109 Å². The molecule has 1 aromatic heterocycles. The number of carboxylic acid groups (broad SMARTS) is 1. The average Bonchev–Trinajstić information content (AvgIpc) is 2.78. The maximum Gasteiger partial charge on any atom is 0.345 e. The number of nitrogens with two attached hydrogens (primary N) is 1. The minimum absolute atomic E-state index is 0.0716. The zero-order valence-electron chi connectivity index (χ0n) is 9.96. The Morgan fingerprint density at radius 1 is 1.50 bits per heavy atom. The van der Waals surface area contributed by atoms with Crippen LogP contribution in [0.1, 0.15) is 27.4 Å². The largest absolute Gasteiger partial charge is 0.477 e. The van der Waals surface area contributed by atoms with Gasteiger partial charge in [0.2, 0.25) is 5.91 Å². The van der Waals surface area contributed by atoms with Gasteiger partial charge in [0.1, 0.15) is 4.88 Å². The van der Waals surface area contributed by atoms with Crippen LogP contribution in [0.3, 0.4) is 0 Å². The smallest absolute Gasteiger partial charge is 0.345 e. The van der Waals surface area contributed by atoms with Crippen LogP contribution in [0.15, 0.2) is 12.1 Å². The highest BCUT2D eigenvalue weighted by molar-refractivity contribution is 7.13. The van der Waals surface area contributed by atoms with Crippen LogP contribution in [-0.2, 0) is 11.3 Å². The van der Waals surface area contributed by atoms with Crippen LogP contribution in [0.4, 0.5) is 0 Å². The Hall–Kier alpha value is -1.40. The van der Waals surface area contributed by atoms with Gasteiger partial charge >= 0.3 is 5.97 Å². The molecule has 0 saturated carbocycles. The molecular formula is C12H16N2O3S. The van der Waals surface area contributed by atoms with Crippen molar-refractivity contribution in [1.82, 2.24) is 4.90 Å². The van der Waals surface area contributed by atoms with Gasteiger partial charge in [-0.3, -0.25) is 9.69 Å². The fourth-order valence-corrected chi connectivity index (χ4v) is 3.12. The molecule has 1 amide bonds. The molecule has 2 rings (SSSR count). The number of carboxylic acids is 1. The number of carbonyl (C=O) groups is 2. The second kappa shape index (κ2) is 5.49. The number of thiophene rings is 1. The molecule has 1 saturated heterocycles. The molecule has 2 heterocycles. The number of aromatic carboxylic acids is 1.